The van der Waals surface area contributed by atoms with Crippen LogP contribution in [0, 0.1) is 19.3 Å². The van der Waals surface area contributed by atoms with Crippen molar-refractivity contribution < 1.29 is 4.79 Å². The molecule has 0 spiro atoms. The molecule has 2 aromatic carbocycles. The summed E-state index contributed by atoms with van der Waals surface area (Å²) in [7, 11) is 0. The summed E-state index contributed by atoms with van der Waals surface area (Å²) in [5.41, 5.74) is 3.06. The fourth-order valence-electron chi connectivity index (χ4n) is 4.27. The van der Waals surface area contributed by atoms with Gasteiger partial charge in [-0.3, -0.25) is 14.2 Å². The number of nitrogens with zero attached hydrogens (tertiary/aromatic N) is 4. The highest BCUT2D eigenvalue weighted by Gasteiger charge is 2.23. The molecule has 0 aliphatic rings. The van der Waals surface area contributed by atoms with Gasteiger partial charge in [0.2, 0.25) is 0 Å². The molecule has 0 aliphatic heterocycles. The summed E-state index contributed by atoms with van der Waals surface area (Å²) < 4.78 is 3.18. The molecule has 0 saturated carbocycles. The van der Waals surface area contributed by atoms with E-state index in [-0.39, 0.29) is 11.5 Å². The van der Waals surface area contributed by atoms with Gasteiger partial charge < -0.3 is 5.32 Å². The number of rotatable bonds is 4. The Morgan fingerprint density at radius 1 is 1.12 bits per heavy atom. The number of hydrogen-bond donors (Lipinski definition) is 1. The number of pyridine rings is 1. The molecule has 5 rings (SSSR count). The maximum atomic E-state index is 13.7. The lowest BCUT2D eigenvalue weighted by Crippen LogP contribution is -2.32. The topological polar surface area (TPSA) is 81.3 Å². The first kappa shape index (κ1) is 21.2. The van der Waals surface area contributed by atoms with Gasteiger partial charge in [0.1, 0.15) is 5.56 Å². The standard InChI is InChI=1S/C27H21N5O2/c1-4-19-10-8-11-20-16-22(32(27(34)24(19)20)21-12-6-5-7-13-21)17(2)29-26(33)23-18(3)30-31-15-9-14-28-25(23)31/h1,5-17H,2-3H3,(H,29,33). The Morgan fingerprint density at radius 3 is 2.68 bits per heavy atom. The highest BCUT2D eigenvalue weighted by atomic mass is 16.2. The normalized spacial score (nSPS) is 11.9. The van der Waals surface area contributed by atoms with Crippen LogP contribution in [0.5, 0.6) is 0 Å². The summed E-state index contributed by atoms with van der Waals surface area (Å²) in [4.78, 5) is 31.3. The van der Waals surface area contributed by atoms with Gasteiger partial charge in [-0.25, -0.2) is 9.50 Å². The van der Waals surface area contributed by atoms with Crippen LogP contribution in [0.2, 0.25) is 0 Å². The second kappa shape index (κ2) is 8.34. The smallest absolute Gasteiger partial charge is 0.264 e. The van der Waals surface area contributed by atoms with E-state index in [4.69, 9.17) is 6.42 Å². The number of nitrogens with one attached hydrogen (secondary N) is 1. The number of aryl methyl sites for hydroxylation is 1. The molecule has 34 heavy (non-hydrogen) atoms. The van der Waals surface area contributed by atoms with Gasteiger partial charge in [0.25, 0.3) is 11.5 Å². The molecule has 1 unspecified atom stereocenters. The van der Waals surface area contributed by atoms with Crippen molar-refractivity contribution in [2.24, 2.45) is 0 Å². The van der Waals surface area contributed by atoms with Crippen LogP contribution in [-0.4, -0.2) is 25.1 Å². The van der Waals surface area contributed by atoms with E-state index in [1.165, 1.54) is 0 Å². The van der Waals surface area contributed by atoms with E-state index in [1.54, 1.807) is 40.5 Å². The maximum absolute atomic E-state index is 13.7. The zero-order chi connectivity index (χ0) is 23.8. The van der Waals surface area contributed by atoms with Gasteiger partial charge >= 0.3 is 0 Å². The lowest BCUT2D eigenvalue weighted by Gasteiger charge is -2.21. The Labute approximate surface area is 195 Å². The molecule has 7 nitrogen and oxygen atoms in total. The first-order chi connectivity index (χ1) is 16.5. The first-order valence-electron chi connectivity index (χ1n) is 10.8. The Balaban J connectivity index is 1.65. The van der Waals surface area contributed by atoms with Crippen LogP contribution in [0.3, 0.4) is 0 Å². The van der Waals surface area contributed by atoms with Gasteiger partial charge in [0.15, 0.2) is 5.65 Å². The Bertz CT molecular complexity index is 1660. The molecule has 166 valence electrons. The van der Waals surface area contributed by atoms with Crippen molar-refractivity contribution in [1.82, 2.24) is 24.5 Å². The number of benzene rings is 2. The Morgan fingerprint density at radius 2 is 1.91 bits per heavy atom. The molecule has 1 N–H and O–H groups in total. The second-order valence-electron chi connectivity index (χ2n) is 8.00. The number of carbonyl (C=O) groups excluding carboxylic acids is 1. The van der Waals surface area contributed by atoms with Gasteiger partial charge in [0.05, 0.1) is 17.1 Å². The number of aromatic nitrogens is 4. The van der Waals surface area contributed by atoms with Gasteiger partial charge in [-0.1, -0.05) is 36.3 Å². The number of carbonyl (C=O) groups is 1. The van der Waals surface area contributed by atoms with E-state index in [0.29, 0.717) is 39.2 Å². The van der Waals surface area contributed by atoms with Crippen LogP contribution in [-0.2, 0) is 0 Å². The number of para-hydroxylation sites is 1. The summed E-state index contributed by atoms with van der Waals surface area (Å²) in [6.07, 6.45) is 9.05. The van der Waals surface area contributed by atoms with Crippen LogP contribution in [0.25, 0.3) is 22.1 Å². The predicted molar refractivity (Wildman–Crippen MR) is 131 cm³/mol. The van der Waals surface area contributed by atoms with Crippen LogP contribution in [0.4, 0.5) is 0 Å². The first-order valence-corrected chi connectivity index (χ1v) is 10.8. The van der Waals surface area contributed by atoms with Gasteiger partial charge in [0, 0.05) is 29.3 Å². The van der Waals surface area contributed by atoms with E-state index >= 15 is 0 Å². The third kappa shape index (κ3) is 3.42. The third-order valence-corrected chi connectivity index (χ3v) is 5.83. The monoisotopic (exact) mass is 447 g/mol. The molecule has 3 heterocycles. The molecular formula is C27H21N5O2. The van der Waals surface area contributed by atoms with Crippen molar-refractivity contribution in [3.63, 3.8) is 0 Å². The summed E-state index contributed by atoms with van der Waals surface area (Å²) >= 11 is 0. The van der Waals surface area contributed by atoms with E-state index in [9.17, 15) is 9.59 Å². The molecule has 0 fully saturated rings. The maximum Gasteiger partial charge on any atom is 0.264 e. The van der Waals surface area contributed by atoms with Crippen LogP contribution in [0.15, 0.2) is 77.9 Å². The minimum atomic E-state index is -0.502. The second-order valence-corrected chi connectivity index (χ2v) is 8.00. The zero-order valence-corrected chi connectivity index (χ0v) is 18.7. The van der Waals surface area contributed by atoms with E-state index in [0.717, 1.165) is 5.39 Å². The highest BCUT2D eigenvalue weighted by molar-refractivity contribution is 6.01. The summed E-state index contributed by atoms with van der Waals surface area (Å²) in [6.45, 7) is 3.61. The fourth-order valence-corrected chi connectivity index (χ4v) is 4.27. The van der Waals surface area contributed by atoms with Gasteiger partial charge in [-0.15, -0.1) is 6.42 Å². The average Bonchev–Trinajstić information content (AvgIpc) is 3.19. The Hall–Kier alpha value is -4.70. The predicted octanol–water partition coefficient (Wildman–Crippen LogP) is 3.81. The fraction of sp³-hybridized carbons (Fsp3) is 0.111. The van der Waals surface area contributed by atoms with E-state index in [2.05, 4.69) is 21.3 Å². The number of hydrogen-bond acceptors (Lipinski definition) is 4. The highest BCUT2D eigenvalue weighted by Crippen LogP contribution is 2.24. The lowest BCUT2D eigenvalue weighted by molar-refractivity contribution is 0.0939. The molecule has 0 aliphatic carbocycles. The van der Waals surface area contributed by atoms with Crippen molar-refractivity contribution >= 4 is 22.3 Å². The van der Waals surface area contributed by atoms with Gasteiger partial charge in [-0.2, -0.15) is 5.10 Å². The van der Waals surface area contributed by atoms with Crippen LogP contribution in [0.1, 0.15) is 40.3 Å². The summed E-state index contributed by atoms with van der Waals surface area (Å²) in [6, 6.07) is 17.9. The number of terminal acetylenes is 1. The molecule has 3 aromatic heterocycles. The van der Waals surface area contributed by atoms with E-state index < -0.39 is 6.04 Å². The number of fused-ring (bicyclic) bond motifs is 2. The molecule has 7 heteroatoms. The molecule has 0 bridgehead atoms. The summed E-state index contributed by atoms with van der Waals surface area (Å²) in [5, 5.41) is 8.59. The molecule has 1 amide bonds. The van der Waals surface area contributed by atoms with Crippen molar-refractivity contribution in [3.05, 3.63) is 106 Å². The minimum absolute atomic E-state index is 0.234. The molecule has 0 saturated heterocycles. The molecule has 1 atom stereocenters. The van der Waals surface area contributed by atoms with Crippen LogP contribution >= 0.6 is 0 Å². The Kier molecular flexibility index (Phi) is 5.19. The average molecular weight is 447 g/mol. The molecule has 5 aromatic rings. The summed E-state index contributed by atoms with van der Waals surface area (Å²) in [5.74, 6) is 2.30. The molecule has 0 radical (unpaired) electrons. The number of amides is 1. The van der Waals surface area contributed by atoms with Gasteiger partial charge in [-0.05, 0) is 49.6 Å². The largest absolute Gasteiger partial charge is 0.344 e. The van der Waals surface area contributed by atoms with Crippen molar-refractivity contribution in [3.8, 4) is 18.0 Å². The van der Waals surface area contributed by atoms with Crippen molar-refractivity contribution in [2.45, 2.75) is 19.9 Å². The SMILES string of the molecule is C#Cc1cccc2cc(C(C)NC(=O)c3c(C)nn4cccnc34)n(-c3ccccc3)c(=O)c12. The van der Waals surface area contributed by atoms with Crippen molar-refractivity contribution in [2.75, 3.05) is 0 Å². The molecular weight excluding hydrogens is 426 g/mol. The quantitative estimate of drug-likeness (QED) is 0.425. The van der Waals surface area contributed by atoms with Crippen LogP contribution < -0.4 is 10.9 Å². The zero-order valence-electron chi connectivity index (χ0n) is 18.7. The van der Waals surface area contributed by atoms with E-state index in [1.807, 2.05) is 55.5 Å². The third-order valence-electron chi connectivity index (χ3n) is 5.83. The lowest BCUT2D eigenvalue weighted by atomic mass is 10.0. The van der Waals surface area contributed by atoms with Crippen molar-refractivity contribution in [1.29, 1.82) is 0 Å². The minimum Gasteiger partial charge on any atom is -0.344 e.